The minimum atomic E-state index is -0.640. The average Bonchev–Trinajstić information content (AvgIpc) is 3.17. The van der Waals surface area contributed by atoms with Gasteiger partial charge >= 0.3 is 0 Å². The number of carbonyl (C=O) groups is 2. The summed E-state index contributed by atoms with van der Waals surface area (Å²) >= 11 is 0. The van der Waals surface area contributed by atoms with Crippen LogP contribution in [0.15, 0.2) is 105 Å². The van der Waals surface area contributed by atoms with Gasteiger partial charge in [0.1, 0.15) is 23.0 Å². The molecule has 0 saturated heterocycles. The number of nitrogens with zero attached hydrogens (tertiary/aromatic N) is 4. The van der Waals surface area contributed by atoms with Crippen LogP contribution < -0.4 is 53.0 Å². The highest BCUT2D eigenvalue weighted by atomic mass is 35.5. The zero-order valence-electron chi connectivity index (χ0n) is 33.8. The highest BCUT2D eigenvalue weighted by Gasteiger charge is 2.19. The second-order valence-corrected chi connectivity index (χ2v) is 12.4. The van der Waals surface area contributed by atoms with Gasteiger partial charge in [0, 0.05) is 70.3 Å². The van der Waals surface area contributed by atoms with Crippen LogP contribution in [-0.4, -0.2) is 77.7 Å². The van der Waals surface area contributed by atoms with Crippen LogP contribution in [0.25, 0.3) is 32.9 Å². The highest BCUT2D eigenvalue weighted by Crippen LogP contribution is 2.28. The number of amides is 2. The van der Waals surface area contributed by atoms with Crippen molar-refractivity contribution in [3.63, 3.8) is 0 Å². The van der Waals surface area contributed by atoms with Crippen LogP contribution in [-0.2, 0) is 0 Å². The Balaban J connectivity index is 0.00000109. The third-order valence-corrected chi connectivity index (χ3v) is 8.50. The molecule has 61 heavy (non-hydrogen) atoms. The second-order valence-electron chi connectivity index (χ2n) is 12.4. The van der Waals surface area contributed by atoms with Gasteiger partial charge in [0.05, 0.1) is 50.9 Å². The van der Waals surface area contributed by atoms with E-state index >= 15 is 0 Å². The molecule has 19 nitrogen and oxygen atoms in total. The van der Waals surface area contributed by atoms with Gasteiger partial charge in [-0.1, -0.05) is 35.4 Å². The van der Waals surface area contributed by atoms with E-state index in [0.29, 0.717) is 55.9 Å². The molecule has 0 bridgehead atoms. The number of nitrogens with two attached hydrogens (primary N) is 4. The minimum Gasteiger partial charge on any atom is -0.497 e. The largest absolute Gasteiger partial charge is 0.497 e. The molecular formula is C40H48Cl2N8O11. The van der Waals surface area contributed by atoms with Crippen molar-refractivity contribution in [1.29, 1.82) is 0 Å². The predicted octanol–water partition coefficient (Wildman–Crippen LogP) is 1.83. The van der Waals surface area contributed by atoms with Crippen molar-refractivity contribution in [1.82, 2.24) is 9.13 Å². The predicted molar refractivity (Wildman–Crippen MR) is 240 cm³/mol. The highest BCUT2D eigenvalue weighted by molar-refractivity contribution is 6.11. The van der Waals surface area contributed by atoms with Crippen LogP contribution in [0, 0.1) is 13.8 Å². The van der Waals surface area contributed by atoms with Crippen molar-refractivity contribution < 1.29 is 45.0 Å². The van der Waals surface area contributed by atoms with E-state index < -0.39 is 11.8 Å². The normalized spacial score (nSPS) is 9.67. The summed E-state index contributed by atoms with van der Waals surface area (Å²) in [6.45, 7) is 3.74. The van der Waals surface area contributed by atoms with E-state index in [4.69, 9.17) is 41.9 Å². The van der Waals surface area contributed by atoms with Gasteiger partial charge in [-0.15, -0.1) is 24.8 Å². The van der Waals surface area contributed by atoms with Gasteiger partial charge in [0.2, 0.25) is 0 Å². The lowest BCUT2D eigenvalue weighted by Crippen LogP contribution is -2.25. The molecule has 21 heteroatoms. The third kappa shape index (κ3) is 12.0. The van der Waals surface area contributed by atoms with Crippen molar-refractivity contribution in [3.8, 4) is 34.4 Å². The Morgan fingerprint density at radius 2 is 0.787 bits per heavy atom. The number of halogens is 2. The maximum absolute atomic E-state index is 13.1. The van der Waals surface area contributed by atoms with E-state index in [0.717, 1.165) is 11.1 Å². The van der Waals surface area contributed by atoms with Gasteiger partial charge in [-0.05, 0) is 26.0 Å². The Kier molecular flexibility index (Phi) is 20.2. The molecular weight excluding hydrogens is 839 g/mol. The van der Waals surface area contributed by atoms with Crippen molar-refractivity contribution >= 4 is 70.1 Å². The van der Waals surface area contributed by atoms with Crippen LogP contribution in [0.2, 0.25) is 0 Å². The van der Waals surface area contributed by atoms with E-state index in [1.54, 1.807) is 72.8 Å². The molecule has 0 unspecified atom stereocenters. The lowest BCUT2D eigenvalue weighted by molar-refractivity contribution is 0.0995. The van der Waals surface area contributed by atoms with Gasteiger partial charge in [-0.2, -0.15) is 9.98 Å². The van der Waals surface area contributed by atoms with Gasteiger partial charge in [0.15, 0.2) is 11.9 Å². The second kappa shape index (κ2) is 22.8. The molecule has 2 aromatic heterocycles. The first-order chi connectivity index (χ1) is 26.7. The number of methoxy groups -OCH3 is 4. The summed E-state index contributed by atoms with van der Waals surface area (Å²) < 4.78 is 23.8. The summed E-state index contributed by atoms with van der Waals surface area (Å²) in [5, 5.41) is 1.69. The number of carbonyl (C=O) groups excluding carboxylic acids is 2. The topological polar surface area (TPSA) is 338 Å². The first kappa shape index (κ1) is 53.8. The van der Waals surface area contributed by atoms with Gasteiger partial charge in [-0.3, -0.25) is 28.3 Å². The quantitative estimate of drug-likeness (QED) is 0.126. The van der Waals surface area contributed by atoms with Crippen molar-refractivity contribution in [3.05, 3.63) is 128 Å². The molecule has 2 heterocycles. The monoisotopic (exact) mass is 886 g/mol. The van der Waals surface area contributed by atoms with Crippen LogP contribution in [0.5, 0.6) is 23.0 Å². The molecule has 328 valence electrons. The summed E-state index contributed by atoms with van der Waals surface area (Å²) in [4.78, 5) is 58.7. The van der Waals surface area contributed by atoms with Gasteiger partial charge in [0.25, 0.3) is 22.9 Å². The lowest BCUT2D eigenvalue weighted by atomic mass is 10.0. The number of aryl methyl sites for hydroxylation is 2. The van der Waals surface area contributed by atoms with Crippen molar-refractivity contribution in [2.24, 2.45) is 32.9 Å². The number of ether oxygens (including phenoxy) is 4. The SMILES string of the molecule is COc1cc(OC)cc(-n2cc(C(=O)N=C(N)N)c3cc(C)ccc3c2=O)c1.COc1cc(OC)cc(-n2cc(C(=O)N=C(N)N)c3cc(C)ccc3c2=O)c1.Cl.Cl.O.O.O. The number of aromatic nitrogens is 2. The number of aliphatic imine (C=N–C) groups is 2. The fourth-order valence-corrected chi connectivity index (χ4v) is 5.85. The molecule has 0 aliphatic heterocycles. The molecule has 6 aromatic rings. The van der Waals surface area contributed by atoms with E-state index in [-0.39, 0.29) is 75.4 Å². The lowest BCUT2D eigenvalue weighted by Gasteiger charge is -2.13. The molecule has 0 radical (unpaired) electrons. The standard InChI is InChI=1S/2C20H20N4O4.2ClH.3H2O/c2*1-11-4-5-15-16(6-11)17(18(25)23-20(21)22)10-24(19(15)26)12-7-13(27-2)9-14(8-12)28-3;;;;;/h2*4-10H,1-3H3,(H4,21,22,23,25);2*1H;3*1H2. The van der Waals surface area contributed by atoms with Gasteiger partial charge < -0.3 is 58.3 Å². The molecule has 14 N–H and O–H groups in total. The number of hydrogen-bond acceptors (Lipinski definition) is 8. The number of hydrogen-bond donors (Lipinski definition) is 4. The first-order valence-corrected chi connectivity index (χ1v) is 16.7. The Morgan fingerprint density at radius 3 is 1.05 bits per heavy atom. The maximum Gasteiger partial charge on any atom is 0.282 e. The summed E-state index contributed by atoms with van der Waals surface area (Å²) in [5.41, 5.74) is 24.0. The number of rotatable bonds is 8. The number of pyridine rings is 2. The molecule has 0 atom stereocenters. The van der Waals surface area contributed by atoms with Crippen molar-refractivity contribution in [2.75, 3.05) is 28.4 Å². The molecule has 0 aliphatic carbocycles. The number of fused-ring (bicyclic) bond motifs is 2. The zero-order chi connectivity index (χ0) is 40.8. The summed E-state index contributed by atoms with van der Waals surface area (Å²) in [6.07, 6.45) is 2.85. The smallest absolute Gasteiger partial charge is 0.282 e. The zero-order valence-corrected chi connectivity index (χ0v) is 35.4. The molecule has 2 amide bonds. The molecule has 0 aliphatic rings. The fraction of sp³-hybridized carbons (Fsp3) is 0.150. The maximum atomic E-state index is 13.1. The first-order valence-electron chi connectivity index (χ1n) is 16.7. The Labute approximate surface area is 360 Å². The number of benzene rings is 4. The molecule has 6 rings (SSSR count). The Hall–Kier alpha value is -7.16. The minimum absolute atomic E-state index is 0. The number of guanidine groups is 2. The fourth-order valence-electron chi connectivity index (χ4n) is 5.85. The van der Waals surface area contributed by atoms with Crippen LogP contribution in [0.4, 0.5) is 0 Å². The summed E-state index contributed by atoms with van der Waals surface area (Å²) in [7, 11) is 6.05. The summed E-state index contributed by atoms with van der Waals surface area (Å²) in [6, 6.07) is 20.5. The Bertz CT molecular complexity index is 2480. The third-order valence-electron chi connectivity index (χ3n) is 8.50. The summed E-state index contributed by atoms with van der Waals surface area (Å²) in [5.74, 6) is 0.0195. The Morgan fingerprint density at radius 1 is 0.492 bits per heavy atom. The van der Waals surface area contributed by atoms with E-state index in [1.165, 1.54) is 50.0 Å². The van der Waals surface area contributed by atoms with Crippen LogP contribution >= 0.6 is 24.8 Å². The molecule has 0 spiro atoms. The van der Waals surface area contributed by atoms with E-state index in [9.17, 15) is 19.2 Å². The van der Waals surface area contributed by atoms with Crippen molar-refractivity contribution in [2.45, 2.75) is 13.8 Å². The average molecular weight is 888 g/mol. The van der Waals surface area contributed by atoms with Crippen LogP contribution in [0.3, 0.4) is 0 Å². The van der Waals surface area contributed by atoms with Crippen LogP contribution in [0.1, 0.15) is 31.8 Å². The molecule has 0 fully saturated rings. The van der Waals surface area contributed by atoms with E-state index in [2.05, 4.69) is 9.98 Å². The van der Waals surface area contributed by atoms with Gasteiger partial charge in [-0.25, -0.2) is 0 Å². The molecule has 4 aromatic carbocycles. The van der Waals surface area contributed by atoms with E-state index in [1.807, 2.05) is 13.8 Å². The molecule has 0 saturated carbocycles.